The van der Waals surface area contributed by atoms with Crippen molar-refractivity contribution in [3.63, 3.8) is 0 Å². The van der Waals surface area contributed by atoms with Crippen molar-refractivity contribution < 1.29 is 9.59 Å². The second-order valence-corrected chi connectivity index (χ2v) is 4.99. The Bertz CT molecular complexity index is 476. The van der Waals surface area contributed by atoms with E-state index in [9.17, 15) is 9.59 Å². The second kappa shape index (κ2) is 8.49. The third kappa shape index (κ3) is 6.01. The molecule has 0 aliphatic heterocycles. The van der Waals surface area contributed by atoms with E-state index in [0.717, 1.165) is 5.56 Å². The number of primary amides is 1. The molecule has 0 saturated heterocycles. The van der Waals surface area contributed by atoms with E-state index >= 15 is 0 Å². The van der Waals surface area contributed by atoms with E-state index in [4.69, 9.17) is 11.5 Å². The van der Waals surface area contributed by atoms with Crippen molar-refractivity contribution in [2.75, 3.05) is 5.32 Å². The van der Waals surface area contributed by atoms with Crippen molar-refractivity contribution in [3.05, 3.63) is 29.8 Å². The van der Waals surface area contributed by atoms with Crippen LogP contribution in [0.15, 0.2) is 24.3 Å². The molecule has 0 bridgehead atoms. The molecule has 0 fully saturated rings. The van der Waals surface area contributed by atoms with Gasteiger partial charge in [0.15, 0.2) is 0 Å². The Morgan fingerprint density at radius 2 is 1.62 bits per heavy atom. The summed E-state index contributed by atoms with van der Waals surface area (Å²) >= 11 is 0. The van der Waals surface area contributed by atoms with Crippen LogP contribution in [-0.2, 0) is 4.79 Å². The van der Waals surface area contributed by atoms with Gasteiger partial charge >= 0.3 is 6.03 Å². The second-order valence-electron chi connectivity index (χ2n) is 4.99. The smallest absolute Gasteiger partial charge is 0.316 e. The fraction of sp³-hybridized carbons (Fsp3) is 0.429. The number of urea groups is 1. The van der Waals surface area contributed by atoms with Crippen LogP contribution in [0.25, 0.3) is 0 Å². The van der Waals surface area contributed by atoms with Gasteiger partial charge in [-0.15, -0.1) is 12.4 Å². The normalized spacial score (nSPS) is 14.3. The summed E-state index contributed by atoms with van der Waals surface area (Å²) < 4.78 is 0. The molecule has 0 heterocycles. The maximum atomic E-state index is 11.9. The number of amides is 3. The highest BCUT2D eigenvalue weighted by atomic mass is 35.5. The lowest BCUT2D eigenvalue weighted by Crippen LogP contribution is -2.39. The standard InChI is InChI=1S/C14H22N4O2.ClH/c1-8(9(2)15)13(19)17-10(3)11-4-6-12(7-5-11)18-14(16)20;/h4-10H,15H2,1-3H3,(H,17,19)(H3,16,18,20);1H. The Kier molecular flexibility index (Phi) is 7.76. The van der Waals surface area contributed by atoms with E-state index in [-0.39, 0.29) is 36.3 Å². The number of carbonyl (C=O) groups is 2. The van der Waals surface area contributed by atoms with Crippen molar-refractivity contribution >= 4 is 30.0 Å². The molecule has 7 heteroatoms. The molecular formula is C14H23ClN4O2. The molecule has 6 nitrogen and oxygen atoms in total. The van der Waals surface area contributed by atoms with Crippen LogP contribution < -0.4 is 22.1 Å². The molecule has 6 N–H and O–H groups in total. The number of carbonyl (C=O) groups excluding carboxylic acids is 2. The summed E-state index contributed by atoms with van der Waals surface area (Å²) in [5.41, 5.74) is 12.3. The average Bonchev–Trinajstić information content (AvgIpc) is 2.37. The Balaban J connectivity index is 0.00000400. The van der Waals surface area contributed by atoms with E-state index in [0.29, 0.717) is 5.69 Å². The minimum absolute atomic E-state index is 0. The Morgan fingerprint density at radius 1 is 1.10 bits per heavy atom. The zero-order valence-corrected chi connectivity index (χ0v) is 13.2. The van der Waals surface area contributed by atoms with Gasteiger partial charge in [-0.1, -0.05) is 19.1 Å². The lowest BCUT2D eigenvalue weighted by atomic mass is 10.0. The van der Waals surface area contributed by atoms with Crippen molar-refractivity contribution in [1.29, 1.82) is 0 Å². The summed E-state index contributed by atoms with van der Waals surface area (Å²) in [6, 6.07) is 6.19. The van der Waals surface area contributed by atoms with Crippen LogP contribution in [0, 0.1) is 5.92 Å². The molecule has 118 valence electrons. The molecule has 1 aromatic rings. The summed E-state index contributed by atoms with van der Waals surface area (Å²) in [5, 5.41) is 5.39. The maximum Gasteiger partial charge on any atom is 0.316 e. The predicted molar refractivity (Wildman–Crippen MR) is 86.3 cm³/mol. The summed E-state index contributed by atoms with van der Waals surface area (Å²) in [7, 11) is 0. The molecule has 1 aromatic carbocycles. The molecule has 3 unspecified atom stereocenters. The largest absolute Gasteiger partial charge is 0.351 e. The van der Waals surface area contributed by atoms with Gasteiger partial charge < -0.3 is 22.1 Å². The molecule has 0 aliphatic rings. The number of nitrogens with one attached hydrogen (secondary N) is 2. The molecule has 0 aromatic heterocycles. The number of benzene rings is 1. The fourth-order valence-corrected chi connectivity index (χ4v) is 1.66. The van der Waals surface area contributed by atoms with Crippen molar-refractivity contribution in [1.82, 2.24) is 5.32 Å². The number of hydrogen-bond donors (Lipinski definition) is 4. The van der Waals surface area contributed by atoms with Gasteiger partial charge in [-0.3, -0.25) is 4.79 Å². The van der Waals surface area contributed by atoms with Crippen LogP contribution in [0.2, 0.25) is 0 Å². The quantitative estimate of drug-likeness (QED) is 0.664. The molecule has 1 rings (SSSR count). The highest BCUT2D eigenvalue weighted by Crippen LogP contribution is 2.16. The zero-order chi connectivity index (χ0) is 15.3. The molecule has 3 atom stereocenters. The van der Waals surface area contributed by atoms with Crippen LogP contribution in [-0.4, -0.2) is 18.0 Å². The topological polar surface area (TPSA) is 110 Å². The monoisotopic (exact) mass is 314 g/mol. The van der Waals surface area contributed by atoms with Crippen molar-refractivity contribution in [2.24, 2.45) is 17.4 Å². The van der Waals surface area contributed by atoms with E-state index in [2.05, 4.69) is 10.6 Å². The lowest BCUT2D eigenvalue weighted by Gasteiger charge is -2.20. The van der Waals surface area contributed by atoms with Gasteiger partial charge in [-0.25, -0.2) is 4.79 Å². The van der Waals surface area contributed by atoms with Gasteiger partial charge in [0.25, 0.3) is 0 Å². The van der Waals surface area contributed by atoms with Gasteiger partial charge in [-0.2, -0.15) is 0 Å². The zero-order valence-electron chi connectivity index (χ0n) is 12.4. The number of rotatable bonds is 5. The molecule has 0 aliphatic carbocycles. The first-order valence-corrected chi connectivity index (χ1v) is 6.53. The Morgan fingerprint density at radius 3 is 2.05 bits per heavy atom. The van der Waals surface area contributed by atoms with Crippen LogP contribution in [0.4, 0.5) is 10.5 Å². The summed E-state index contributed by atoms with van der Waals surface area (Å²) in [6.07, 6.45) is 0. The van der Waals surface area contributed by atoms with Gasteiger partial charge in [-0.05, 0) is 31.5 Å². The van der Waals surface area contributed by atoms with Crippen LogP contribution in [0.3, 0.4) is 0 Å². The van der Waals surface area contributed by atoms with E-state index in [1.807, 2.05) is 19.1 Å². The first-order chi connectivity index (χ1) is 9.31. The summed E-state index contributed by atoms with van der Waals surface area (Å²) in [5.74, 6) is -0.319. The van der Waals surface area contributed by atoms with Gasteiger partial charge in [0.1, 0.15) is 0 Å². The molecular weight excluding hydrogens is 292 g/mol. The summed E-state index contributed by atoms with van der Waals surface area (Å²) in [6.45, 7) is 5.49. The SMILES string of the molecule is CC(NC(=O)C(C)C(C)N)c1ccc(NC(N)=O)cc1.Cl. The number of halogens is 1. The van der Waals surface area contributed by atoms with E-state index in [1.54, 1.807) is 26.0 Å². The van der Waals surface area contributed by atoms with Crippen molar-refractivity contribution in [2.45, 2.75) is 32.9 Å². The minimum atomic E-state index is -0.607. The molecule has 21 heavy (non-hydrogen) atoms. The average molecular weight is 315 g/mol. The third-order valence-corrected chi connectivity index (χ3v) is 3.24. The Labute approximate surface area is 131 Å². The number of hydrogen-bond acceptors (Lipinski definition) is 3. The predicted octanol–water partition coefficient (Wildman–Crippen LogP) is 1.76. The highest BCUT2D eigenvalue weighted by molar-refractivity contribution is 5.87. The van der Waals surface area contributed by atoms with Crippen LogP contribution in [0.1, 0.15) is 32.4 Å². The Hall–Kier alpha value is -1.79. The minimum Gasteiger partial charge on any atom is -0.351 e. The molecule has 3 amide bonds. The number of nitrogens with two attached hydrogens (primary N) is 2. The number of anilines is 1. The van der Waals surface area contributed by atoms with Gasteiger partial charge in [0, 0.05) is 17.6 Å². The van der Waals surface area contributed by atoms with E-state index in [1.165, 1.54) is 0 Å². The van der Waals surface area contributed by atoms with Crippen LogP contribution >= 0.6 is 12.4 Å². The molecule has 0 saturated carbocycles. The maximum absolute atomic E-state index is 11.9. The first-order valence-electron chi connectivity index (χ1n) is 6.53. The fourth-order valence-electron chi connectivity index (χ4n) is 1.66. The lowest BCUT2D eigenvalue weighted by molar-refractivity contribution is -0.125. The van der Waals surface area contributed by atoms with E-state index < -0.39 is 6.03 Å². The summed E-state index contributed by atoms with van der Waals surface area (Å²) in [4.78, 5) is 22.6. The highest BCUT2D eigenvalue weighted by Gasteiger charge is 2.19. The van der Waals surface area contributed by atoms with Crippen molar-refractivity contribution in [3.8, 4) is 0 Å². The third-order valence-electron chi connectivity index (χ3n) is 3.24. The van der Waals surface area contributed by atoms with Gasteiger partial charge in [0.2, 0.25) is 5.91 Å². The molecule has 0 radical (unpaired) electrons. The molecule has 0 spiro atoms. The first kappa shape index (κ1) is 19.2. The van der Waals surface area contributed by atoms with Crippen LogP contribution in [0.5, 0.6) is 0 Å². The van der Waals surface area contributed by atoms with Gasteiger partial charge in [0.05, 0.1) is 6.04 Å².